The zero-order valence-corrected chi connectivity index (χ0v) is 12.8. The number of rotatable bonds is 5. The minimum atomic E-state index is 0.219. The average molecular weight is 275 g/mol. The van der Waals surface area contributed by atoms with Crippen molar-refractivity contribution >= 4 is 5.78 Å². The molecule has 110 valence electrons. The summed E-state index contributed by atoms with van der Waals surface area (Å²) in [6.45, 7) is 7.28. The molecular weight excluding hydrogens is 250 g/mol. The molecule has 1 aromatic rings. The molecule has 0 N–H and O–H groups in total. The van der Waals surface area contributed by atoms with E-state index in [-0.39, 0.29) is 5.78 Å². The molecule has 1 saturated heterocycles. The van der Waals surface area contributed by atoms with Crippen LogP contribution in [0.4, 0.5) is 0 Å². The van der Waals surface area contributed by atoms with E-state index in [1.54, 1.807) is 0 Å². The zero-order chi connectivity index (χ0) is 14.5. The van der Waals surface area contributed by atoms with Gasteiger partial charge in [0.2, 0.25) is 0 Å². The van der Waals surface area contributed by atoms with E-state index in [0.717, 1.165) is 43.7 Å². The van der Waals surface area contributed by atoms with Crippen molar-refractivity contribution in [1.29, 1.82) is 0 Å². The summed E-state index contributed by atoms with van der Waals surface area (Å²) in [5.41, 5.74) is 3.14. The predicted molar refractivity (Wildman–Crippen MR) is 81.3 cm³/mol. The van der Waals surface area contributed by atoms with E-state index < -0.39 is 0 Å². The monoisotopic (exact) mass is 275 g/mol. The summed E-state index contributed by atoms with van der Waals surface area (Å²) in [6.07, 6.45) is 2.23. The quantitative estimate of drug-likeness (QED) is 0.774. The molecule has 0 aliphatic carbocycles. The van der Waals surface area contributed by atoms with Gasteiger partial charge in [-0.15, -0.1) is 0 Å². The van der Waals surface area contributed by atoms with Crippen LogP contribution in [0, 0.1) is 19.8 Å². The number of carbonyl (C=O) groups excluding carboxylic acids is 1. The largest absolute Gasteiger partial charge is 0.381 e. The Morgan fingerprint density at radius 1 is 1.30 bits per heavy atom. The molecule has 1 fully saturated rings. The van der Waals surface area contributed by atoms with Crippen LogP contribution in [-0.2, 0) is 4.74 Å². The molecule has 0 aromatic heterocycles. The van der Waals surface area contributed by atoms with Crippen LogP contribution in [0.1, 0.15) is 34.3 Å². The normalized spacial score (nSPS) is 16.6. The van der Waals surface area contributed by atoms with Gasteiger partial charge in [0.15, 0.2) is 5.78 Å². The lowest BCUT2D eigenvalue weighted by atomic mass is 9.99. The molecule has 3 nitrogen and oxygen atoms in total. The number of hydrogen-bond donors (Lipinski definition) is 0. The minimum Gasteiger partial charge on any atom is -0.381 e. The highest BCUT2D eigenvalue weighted by Crippen LogP contribution is 2.16. The average Bonchev–Trinajstić information content (AvgIpc) is 2.39. The van der Waals surface area contributed by atoms with E-state index in [0.29, 0.717) is 12.5 Å². The number of nitrogens with zero attached hydrogens (tertiary/aromatic N) is 1. The molecular formula is C17H25NO2. The lowest BCUT2D eigenvalue weighted by Crippen LogP contribution is -2.33. The van der Waals surface area contributed by atoms with Gasteiger partial charge in [-0.05, 0) is 45.2 Å². The van der Waals surface area contributed by atoms with Crippen molar-refractivity contribution in [3.63, 3.8) is 0 Å². The van der Waals surface area contributed by atoms with E-state index in [9.17, 15) is 4.79 Å². The number of likely N-dealkylation sites (N-methyl/N-ethyl adjacent to an activating group) is 1. The summed E-state index contributed by atoms with van der Waals surface area (Å²) in [6, 6.07) is 6.04. The van der Waals surface area contributed by atoms with E-state index in [2.05, 4.69) is 17.9 Å². The second-order valence-corrected chi connectivity index (χ2v) is 5.99. The fraction of sp³-hybridized carbons (Fsp3) is 0.588. The van der Waals surface area contributed by atoms with Gasteiger partial charge in [0.05, 0.1) is 6.54 Å². The third-order valence-corrected chi connectivity index (χ3v) is 4.01. The van der Waals surface area contributed by atoms with Crippen molar-refractivity contribution in [3.8, 4) is 0 Å². The summed E-state index contributed by atoms with van der Waals surface area (Å²) in [7, 11) is 2.04. The minimum absolute atomic E-state index is 0.219. The first-order chi connectivity index (χ1) is 9.56. The van der Waals surface area contributed by atoms with Gasteiger partial charge in [0.1, 0.15) is 0 Å². The Balaban J connectivity index is 1.89. The number of ether oxygens (including phenoxy) is 1. The van der Waals surface area contributed by atoms with Crippen LogP contribution in [0.25, 0.3) is 0 Å². The molecule has 20 heavy (non-hydrogen) atoms. The van der Waals surface area contributed by atoms with Crippen LogP contribution >= 0.6 is 0 Å². The number of Topliss-reactive ketones (excluding diaryl/α,β-unsaturated/α-hetero) is 1. The molecule has 0 bridgehead atoms. The predicted octanol–water partition coefficient (Wildman–Crippen LogP) is 2.84. The van der Waals surface area contributed by atoms with Gasteiger partial charge in [0, 0.05) is 25.3 Å². The highest BCUT2D eigenvalue weighted by Gasteiger charge is 2.18. The highest BCUT2D eigenvalue weighted by atomic mass is 16.5. The van der Waals surface area contributed by atoms with Crippen molar-refractivity contribution < 1.29 is 9.53 Å². The van der Waals surface area contributed by atoms with Gasteiger partial charge in [-0.3, -0.25) is 9.69 Å². The SMILES string of the molecule is Cc1ccc(C(=O)CN(C)CC2CCOCC2)c(C)c1. The molecule has 0 saturated carbocycles. The molecule has 0 radical (unpaired) electrons. The molecule has 2 rings (SSSR count). The molecule has 1 aliphatic heterocycles. The van der Waals surface area contributed by atoms with E-state index in [1.807, 2.05) is 26.1 Å². The topological polar surface area (TPSA) is 29.5 Å². The summed E-state index contributed by atoms with van der Waals surface area (Å²) in [4.78, 5) is 14.5. The first-order valence-corrected chi connectivity index (χ1v) is 7.43. The third-order valence-electron chi connectivity index (χ3n) is 4.01. The van der Waals surface area contributed by atoms with E-state index >= 15 is 0 Å². The van der Waals surface area contributed by atoms with Crippen molar-refractivity contribution in [2.75, 3.05) is 33.4 Å². The van der Waals surface area contributed by atoms with Crippen molar-refractivity contribution in [1.82, 2.24) is 4.90 Å². The maximum atomic E-state index is 12.4. The van der Waals surface area contributed by atoms with Crippen molar-refractivity contribution in [3.05, 3.63) is 34.9 Å². The Bertz CT molecular complexity index is 464. The summed E-state index contributed by atoms with van der Waals surface area (Å²) < 4.78 is 5.37. The van der Waals surface area contributed by atoms with Crippen LogP contribution in [0.15, 0.2) is 18.2 Å². The van der Waals surface area contributed by atoms with Gasteiger partial charge >= 0.3 is 0 Å². The number of benzene rings is 1. The summed E-state index contributed by atoms with van der Waals surface area (Å²) >= 11 is 0. The number of aryl methyl sites for hydroxylation is 2. The fourth-order valence-corrected chi connectivity index (χ4v) is 2.89. The van der Waals surface area contributed by atoms with Crippen molar-refractivity contribution in [2.45, 2.75) is 26.7 Å². The first kappa shape index (κ1) is 15.2. The second-order valence-electron chi connectivity index (χ2n) is 5.99. The van der Waals surface area contributed by atoms with Crippen LogP contribution < -0.4 is 0 Å². The van der Waals surface area contributed by atoms with E-state index in [1.165, 1.54) is 5.56 Å². The van der Waals surface area contributed by atoms with Gasteiger partial charge in [-0.25, -0.2) is 0 Å². The summed E-state index contributed by atoms with van der Waals surface area (Å²) in [5.74, 6) is 0.887. The number of ketones is 1. The molecule has 1 aromatic carbocycles. The zero-order valence-electron chi connectivity index (χ0n) is 12.8. The Kier molecular flexibility index (Phi) is 5.32. The maximum absolute atomic E-state index is 12.4. The Labute approximate surface area is 121 Å². The highest BCUT2D eigenvalue weighted by molar-refractivity contribution is 5.98. The molecule has 1 heterocycles. The summed E-state index contributed by atoms with van der Waals surface area (Å²) in [5, 5.41) is 0. The molecule has 0 unspecified atom stereocenters. The lowest BCUT2D eigenvalue weighted by molar-refractivity contribution is 0.0549. The Morgan fingerprint density at radius 3 is 2.65 bits per heavy atom. The lowest BCUT2D eigenvalue weighted by Gasteiger charge is -2.26. The van der Waals surface area contributed by atoms with Gasteiger partial charge in [-0.2, -0.15) is 0 Å². The Morgan fingerprint density at radius 2 is 2.00 bits per heavy atom. The Hall–Kier alpha value is -1.19. The molecule has 3 heteroatoms. The molecule has 1 aliphatic rings. The molecule has 0 spiro atoms. The number of hydrogen-bond acceptors (Lipinski definition) is 3. The van der Waals surface area contributed by atoms with Crippen LogP contribution in [0.2, 0.25) is 0 Å². The third kappa shape index (κ3) is 4.15. The van der Waals surface area contributed by atoms with Crippen LogP contribution in [0.5, 0.6) is 0 Å². The van der Waals surface area contributed by atoms with Gasteiger partial charge < -0.3 is 4.74 Å². The maximum Gasteiger partial charge on any atom is 0.177 e. The molecule has 0 amide bonds. The van der Waals surface area contributed by atoms with Crippen LogP contribution in [-0.4, -0.2) is 44.0 Å². The van der Waals surface area contributed by atoms with E-state index in [4.69, 9.17) is 4.74 Å². The smallest absolute Gasteiger partial charge is 0.177 e. The van der Waals surface area contributed by atoms with Gasteiger partial charge in [-0.1, -0.05) is 23.8 Å². The second kappa shape index (κ2) is 7.00. The van der Waals surface area contributed by atoms with Gasteiger partial charge in [0.25, 0.3) is 0 Å². The van der Waals surface area contributed by atoms with Crippen LogP contribution in [0.3, 0.4) is 0 Å². The fourth-order valence-electron chi connectivity index (χ4n) is 2.89. The number of carbonyl (C=O) groups is 1. The van der Waals surface area contributed by atoms with Crippen molar-refractivity contribution in [2.24, 2.45) is 5.92 Å². The first-order valence-electron chi connectivity index (χ1n) is 7.43. The standard InChI is InChI=1S/C17H25NO2/c1-13-4-5-16(14(2)10-13)17(19)12-18(3)11-15-6-8-20-9-7-15/h4-5,10,15H,6-9,11-12H2,1-3H3. The molecule has 0 atom stereocenters.